The third-order valence-electron chi connectivity index (χ3n) is 4.34. The van der Waals surface area contributed by atoms with Crippen LogP contribution in [0.3, 0.4) is 0 Å². The van der Waals surface area contributed by atoms with Crippen molar-refractivity contribution in [3.05, 3.63) is 54.2 Å². The molecule has 4 N–H and O–H groups in total. The van der Waals surface area contributed by atoms with Gasteiger partial charge in [-0.15, -0.1) is 0 Å². The standard InChI is InChI=1S/C19H15N7O3S/c1-29-14-7-4-12(9-20)16(8-14)30(27,28)26-13-5-2-11(3-6-13)18-22-10-15-17(21)24-25-19(15)23-18/h2-8,10,26H,1H3,(H3,21,22,23,24,25). The Morgan fingerprint density at radius 1 is 1.20 bits per heavy atom. The second kappa shape index (κ2) is 7.34. The van der Waals surface area contributed by atoms with Gasteiger partial charge in [-0.2, -0.15) is 10.4 Å². The van der Waals surface area contributed by atoms with E-state index in [1.807, 2.05) is 6.07 Å². The van der Waals surface area contributed by atoms with Gasteiger partial charge >= 0.3 is 0 Å². The Morgan fingerprint density at radius 3 is 2.67 bits per heavy atom. The number of hydrogen-bond donors (Lipinski definition) is 3. The summed E-state index contributed by atoms with van der Waals surface area (Å²) in [6.45, 7) is 0. The molecule has 2 aromatic carbocycles. The highest BCUT2D eigenvalue weighted by Crippen LogP contribution is 2.26. The van der Waals surface area contributed by atoms with Crippen LogP contribution in [-0.4, -0.2) is 35.7 Å². The number of aromatic nitrogens is 4. The van der Waals surface area contributed by atoms with Crippen molar-refractivity contribution >= 4 is 32.6 Å². The number of ether oxygens (including phenoxy) is 1. The summed E-state index contributed by atoms with van der Waals surface area (Å²) < 4.78 is 33.1. The Hall–Kier alpha value is -4.17. The molecular formula is C19H15N7O3S. The van der Waals surface area contributed by atoms with Gasteiger partial charge in [-0.05, 0) is 36.4 Å². The molecule has 0 saturated carbocycles. The SMILES string of the molecule is COc1ccc(C#N)c(S(=O)(=O)Nc2ccc(-c3ncc4c(N)[nH]nc4n3)cc2)c1. The Bertz CT molecular complexity index is 1390. The number of fused-ring (bicyclic) bond motifs is 1. The maximum absolute atomic E-state index is 12.8. The number of nitrogens with two attached hydrogens (primary N) is 1. The molecule has 30 heavy (non-hydrogen) atoms. The predicted octanol–water partition coefficient (Wildman–Crippen LogP) is 2.28. The van der Waals surface area contributed by atoms with E-state index in [0.717, 1.165) is 0 Å². The summed E-state index contributed by atoms with van der Waals surface area (Å²) in [5.41, 5.74) is 7.17. The lowest BCUT2D eigenvalue weighted by molar-refractivity contribution is 0.413. The van der Waals surface area contributed by atoms with Crippen LogP contribution in [0.25, 0.3) is 22.4 Å². The molecule has 4 rings (SSSR count). The number of rotatable bonds is 5. The summed E-state index contributed by atoms with van der Waals surface area (Å²) in [5, 5.41) is 16.5. The van der Waals surface area contributed by atoms with Crippen LogP contribution in [0.5, 0.6) is 5.75 Å². The quantitative estimate of drug-likeness (QED) is 0.442. The molecule has 10 nitrogen and oxygen atoms in total. The molecule has 150 valence electrons. The number of aromatic amines is 1. The lowest BCUT2D eigenvalue weighted by Gasteiger charge is -2.11. The molecule has 0 unspecified atom stereocenters. The number of benzene rings is 2. The zero-order chi connectivity index (χ0) is 21.3. The molecule has 0 spiro atoms. The van der Waals surface area contributed by atoms with E-state index in [0.29, 0.717) is 39.7 Å². The van der Waals surface area contributed by atoms with Crippen LogP contribution in [-0.2, 0) is 10.0 Å². The van der Waals surface area contributed by atoms with Gasteiger partial charge in [0.1, 0.15) is 22.5 Å². The third kappa shape index (κ3) is 3.47. The van der Waals surface area contributed by atoms with Gasteiger partial charge in [0.2, 0.25) is 0 Å². The van der Waals surface area contributed by atoms with E-state index in [4.69, 9.17) is 10.5 Å². The van der Waals surface area contributed by atoms with E-state index in [2.05, 4.69) is 24.9 Å². The van der Waals surface area contributed by atoms with Crippen LogP contribution in [0.1, 0.15) is 5.56 Å². The van der Waals surface area contributed by atoms with E-state index in [1.165, 1.54) is 25.3 Å². The van der Waals surface area contributed by atoms with Gasteiger partial charge in [-0.25, -0.2) is 18.4 Å². The van der Waals surface area contributed by atoms with Crippen LogP contribution in [0, 0.1) is 11.3 Å². The highest BCUT2D eigenvalue weighted by molar-refractivity contribution is 7.92. The Labute approximate surface area is 171 Å². The molecule has 0 bridgehead atoms. The number of nitriles is 1. The normalized spacial score (nSPS) is 11.2. The zero-order valence-electron chi connectivity index (χ0n) is 15.6. The second-order valence-electron chi connectivity index (χ2n) is 6.22. The molecule has 0 amide bonds. The summed E-state index contributed by atoms with van der Waals surface area (Å²) >= 11 is 0. The molecule has 0 aliphatic heterocycles. The highest BCUT2D eigenvalue weighted by atomic mass is 32.2. The summed E-state index contributed by atoms with van der Waals surface area (Å²) in [5.74, 6) is 1.13. The van der Waals surface area contributed by atoms with Crippen LogP contribution in [0.4, 0.5) is 11.5 Å². The van der Waals surface area contributed by atoms with Gasteiger partial charge in [-0.1, -0.05) is 0 Å². The Balaban J connectivity index is 1.62. The van der Waals surface area contributed by atoms with Crippen molar-refractivity contribution in [2.24, 2.45) is 0 Å². The van der Waals surface area contributed by atoms with Crippen molar-refractivity contribution in [3.8, 4) is 23.2 Å². The summed E-state index contributed by atoms with van der Waals surface area (Å²) in [4.78, 5) is 8.43. The number of nitrogens with one attached hydrogen (secondary N) is 2. The number of nitrogens with zero attached hydrogens (tertiary/aromatic N) is 4. The van der Waals surface area contributed by atoms with E-state index < -0.39 is 10.0 Å². The second-order valence-corrected chi connectivity index (χ2v) is 7.88. The predicted molar refractivity (Wildman–Crippen MR) is 110 cm³/mol. The van der Waals surface area contributed by atoms with Crippen LogP contribution in [0.15, 0.2) is 53.6 Å². The molecular weight excluding hydrogens is 406 g/mol. The van der Waals surface area contributed by atoms with Gasteiger partial charge < -0.3 is 10.5 Å². The van der Waals surface area contributed by atoms with Gasteiger partial charge in [-0.3, -0.25) is 9.82 Å². The number of sulfonamides is 1. The van der Waals surface area contributed by atoms with Gasteiger partial charge in [0.15, 0.2) is 11.5 Å². The third-order valence-corrected chi connectivity index (χ3v) is 5.76. The van der Waals surface area contributed by atoms with Crippen LogP contribution >= 0.6 is 0 Å². The minimum Gasteiger partial charge on any atom is -0.497 e. The molecule has 2 heterocycles. The maximum Gasteiger partial charge on any atom is 0.263 e. The fourth-order valence-electron chi connectivity index (χ4n) is 2.80. The fraction of sp³-hybridized carbons (Fsp3) is 0.0526. The molecule has 0 fully saturated rings. The molecule has 0 aliphatic carbocycles. The van der Waals surface area contributed by atoms with E-state index in [9.17, 15) is 13.7 Å². The summed E-state index contributed by atoms with van der Waals surface area (Å²) in [6.07, 6.45) is 1.57. The lowest BCUT2D eigenvalue weighted by Crippen LogP contribution is -2.14. The van der Waals surface area contributed by atoms with E-state index in [-0.39, 0.29) is 10.5 Å². The number of H-pyrrole nitrogens is 1. The fourth-order valence-corrected chi connectivity index (χ4v) is 4.03. The first kappa shape index (κ1) is 19.2. The summed E-state index contributed by atoms with van der Waals surface area (Å²) in [7, 11) is -2.59. The minimum absolute atomic E-state index is 0.0138. The summed E-state index contributed by atoms with van der Waals surface area (Å²) in [6, 6.07) is 12.6. The molecule has 0 aliphatic rings. The molecule has 0 atom stereocenters. The molecule has 11 heteroatoms. The zero-order valence-corrected chi connectivity index (χ0v) is 16.4. The van der Waals surface area contributed by atoms with E-state index in [1.54, 1.807) is 30.5 Å². The van der Waals surface area contributed by atoms with Crippen molar-refractivity contribution in [1.82, 2.24) is 20.2 Å². The average Bonchev–Trinajstić information content (AvgIpc) is 3.13. The number of hydrogen-bond acceptors (Lipinski definition) is 8. The van der Waals surface area contributed by atoms with Crippen LogP contribution < -0.4 is 15.2 Å². The number of methoxy groups -OCH3 is 1. The van der Waals surface area contributed by atoms with Crippen molar-refractivity contribution < 1.29 is 13.2 Å². The largest absolute Gasteiger partial charge is 0.497 e. The van der Waals surface area contributed by atoms with Crippen molar-refractivity contribution in [3.63, 3.8) is 0 Å². The van der Waals surface area contributed by atoms with Crippen molar-refractivity contribution in [1.29, 1.82) is 5.26 Å². The molecule has 0 radical (unpaired) electrons. The van der Waals surface area contributed by atoms with E-state index >= 15 is 0 Å². The topological polar surface area (TPSA) is 160 Å². The Morgan fingerprint density at radius 2 is 1.97 bits per heavy atom. The van der Waals surface area contributed by atoms with Crippen LogP contribution in [0.2, 0.25) is 0 Å². The number of nitrogen functional groups attached to an aromatic ring is 1. The van der Waals surface area contributed by atoms with Gasteiger partial charge in [0.05, 0.1) is 18.1 Å². The van der Waals surface area contributed by atoms with Crippen molar-refractivity contribution in [2.45, 2.75) is 4.90 Å². The monoisotopic (exact) mass is 421 g/mol. The van der Waals surface area contributed by atoms with Crippen molar-refractivity contribution in [2.75, 3.05) is 17.6 Å². The first-order valence-corrected chi connectivity index (χ1v) is 10.1. The lowest BCUT2D eigenvalue weighted by atomic mass is 10.2. The van der Waals surface area contributed by atoms with Gasteiger partial charge in [0.25, 0.3) is 10.0 Å². The first-order chi connectivity index (χ1) is 14.4. The molecule has 2 aromatic heterocycles. The molecule has 4 aromatic rings. The number of anilines is 2. The Kier molecular flexibility index (Phi) is 4.69. The molecule has 0 saturated heterocycles. The smallest absolute Gasteiger partial charge is 0.263 e. The average molecular weight is 421 g/mol. The maximum atomic E-state index is 12.8. The minimum atomic E-state index is -4.00. The highest BCUT2D eigenvalue weighted by Gasteiger charge is 2.20. The first-order valence-electron chi connectivity index (χ1n) is 8.59. The van der Waals surface area contributed by atoms with Gasteiger partial charge in [0, 0.05) is 23.5 Å².